The Kier molecular flexibility index (Phi) is 6.40. The first-order valence-corrected chi connectivity index (χ1v) is 10.2. The summed E-state index contributed by atoms with van der Waals surface area (Å²) in [4.78, 5) is 24.5. The molecule has 0 saturated carbocycles. The topological polar surface area (TPSA) is 92.8 Å². The summed E-state index contributed by atoms with van der Waals surface area (Å²) in [7, 11) is -2.71. The van der Waals surface area contributed by atoms with Gasteiger partial charge in [-0.1, -0.05) is 18.2 Å². The number of esters is 1. The minimum Gasteiger partial charge on any atom is -0.465 e. The maximum absolute atomic E-state index is 14.2. The first kappa shape index (κ1) is 21.4. The van der Waals surface area contributed by atoms with Crippen molar-refractivity contribution in [2.24, 2.45) is 0 Å². The Morgan fingerprint density at radius 1 is 1.14 bits per heavy atom. The zero-order valence-electron chi connectivity index (χ0n) is 15.9. The molecule has 0 aliphatic heterocycles. The number of sulfonamides is 1. The van der Waals surface area contributed by atoms with Crippen LogP contribution in [0.5, 0.6) is 0 Å². The lowest BCUT2D eigenvalue weighted by atomic mass is 10.1. The molecule has 0 saturated heterocycles. The molecule has 1 amide bonds. The fraction of sp³-hybridized carbons (Fsp3) is 0.263. The number of benzene rings is 2. The van der Waals surface area contributed by atoms with Gasteiger partial charge in [0.15, 0.2) is 0 Å². The zero-order chi connectivity index (χ0) is 21.1. The van der Waals surface area contributed by atoms with Gasteiger partial charge in [-0.2, -0.15) is 0 Å². The smallest absolute Gasteiger partial charge is 0.338 e. The molecule has 1 unspecified atom stereocenters. The fourth-order valence-corrected chi connectivity index (χ4v) is 3.93. The van der Waals surface area contributed by atoms with E-state index >= 15 is 0 Å². The van der Waals surface area contributed by atoms with Crippen LogP contribution in [0.1, 0.15) is 22.8 Å². The summed E-state index contributed by atoms with van der Waals surface area (Å²) in [5, 5.41) is 2.60. The van der Waals surface area contributed by atoms with Gasteiger partial charge in [0.05, 0.1) is 24.6 Å². The van der Waals surface area contributed by atoms with E-state index in [0.29, 0.717) is 11.3 Å². The molecule has 2 aromatic rings. The first-order valence-electron chi connectivity index (χ1n) is 8.30. The van der Waals surface area contributed by atoms with Crippen LogP contribution in [0.25, 0.3) is 0 Å². The van der Waals surface area contributed by atoms with Gasteiger partial charge in [-0.05, 0) is 43.7 Å². The average molecular weight is 408 g/mol. The maximum Gasteiger partial charge on any atom is 0.338 e. The summed E-state index contributed by atoms with van der Waals surface area (Å²) in [5.41, 5.74) is 0.822. The minimum absolute atomic E-state index is 0.229. The molecule has 0 aliphatic rings. The van der Waals surface area contributed by atoms with Crippen molar-refractivity contribution < 1.29 is 27.1 Å². The van der Waals surface area contributed by atoms with Crippen LogP contribution in [0.2, 0.25) is 0 Å². The van der Waals surface area contributed by atoms with Gasteiger partial charge in [0, 0.05) is 5.69 Å². The van der Waals surface area contributed by atoms with E-state index in [2.05, 4.69) is 5.32 Å². The van der Waals surface area contributed by atoms with Crippen molar-refractivity contribution in [3.05, 3.63) is 59.4 Å². The third-order valence-corrected chi connectivity index (χ3v) is 5.40. The van der Waals surface area contributed by atoms with Gasteiger partial charge in [-0.15, -0.1) is 0 Å². The Morgan fingerprint density at radius 3 is 2.36 bits per heavy atom. The van der Waals surface area contributed by atoms with E-state index in [9.17, 15) is 22.4 Å². The lowest BCUT2D eigenvalue weighted by Crippen LogP contribution is -2.45. The summed E-state index contributed by atoms with van der Waals surface area (Å²) < 4.78 is 44.1. The van der Waals surface area contributed by atoms with Crippen LogP contribution in [0.15, 0.2) is 42.5 Å². The molecule has 150 valence electrons. The molecule has 1 N–H and O–H groups in total. The van der Waals surface area contributed by atoms with Crippen LogP contribution >= 0.6 is 0 Å². The van der Waals surface area contributed by atoms with Gasteiger partial charge in [-0.3, -0.25) is 9.10 Å². The van der Waals surface area contributed by atoms with Crippen molar-refractivity contribution in [1.29, 1.82) is 0 Å². The number of carbonyl (C=O) groups is 2. The molecule has 0 bridgehead atoms. The van der Waals surface area contributed by atoms with Crippen molar-refractivity contribution in [1.82, 2.24) is 0 Å². The second-order valence-corrected chi connectivity index (χ2v) is 8.00. The number of hydrogen-bond donors (Lipinski definition) is 1. The highest BCUT2D eigenvalue weighted by Crippen LogP contribution is 2.25. The minimum atomic E-state index is -3.95. The molecule has 0 aliphatic carbocycles. The molecule has 0 fully saturated rings. The molecule has 0 aromatic heterocycles. The Bertz CT molecular complexity index is 1010. The van der Waals surface area contributed by atoms with Gasteiger partial charge >= 0.3 is 5.97 Å². The summed E-state index contributed by atoms with van der Waals surface area (Å²) in [6.45, 7) is 2.97. The van der Waals surface area contributed by atoms with E-state index in [-0.39, 0.29) is 11.3 Å². The third-order valence-electron chi connectivity index (χ3n) is 4.18. The Balaban J connectivity index is 2.38. The molecule has 0 heterocycles. The molecule has 2 aromatic carbocycles. The standard InChI is InChI=1S/C19H21FN2O5S/c1-12-14(19(24)27-3)8-7-10-16(12)21-18(23)13(2)22(28(4,25)26)17-11-6-5-9-15(17)20/h5-11,13H,1-4H3,(H,21,23). The molecular formula is C19H21FN2O5S. The summed E-state index contributed by atoms with van der Waals surface area (Å²) in [5.74, 6) is -2.01. The quantitative estimate of drug-likeness (QED) is 0.742. The first-order chi connectivity index (χ1) is 13.1. The van der Waals surface area contributed by atoms with E-state index in [1.807, 2.05) is 0 Å². The lowest BCUT2D eigenvalue weighted by molar-refractivity contribution is -0.116. The van der Waals surface area contributed by atoms with Crippen molar-refractivity contribution in [2.75, 3.05) is 23.0 Å². The van der Waals surface area contributed by atoms with Gasteiger partial charge in [0.1, 0.15) is 11.9 Å². The third kappa shape index (κ3) is 4.48. The summed E-state index contributed by atoms with van der Waals surface area (Å²) in [6.07, 6.45) is 0.895. The zero-order valence-corrected chi connectivity index (χ0v) is 16.7. The van der Waals surface area contributed by atoms with Crippen molar-refractivity contribution in [2.45, 2.75) is 19.9 Å². The van der Waals surface area contributed by atoms with Crippen LogP contribution in [0.4, 0.5) is 15.8 Å². The van der Waals surface area contributed by atoms with E-state index < -0.39 is 33.8 Å². The average Bonchev–Trinajstić information content (AvgIpc) is 2.63. The predicted molar refractivity (Wildman–Crippen MR) is 104 cm³/mol. The molecule has 0 spiro atoms. The molecule has 7 nitrogen and oxygen atoms in total. The largest absolute Gasteiger partial charge is 0.465 e. The number of anilines is 2. The van der Waals surface area contributed by atoms with Crippen LogP contribution < -0.4 is 9.62 Å². The number of rotatable bonds is 6. The number of methoxy groups -OCH3 is 1. The van der Waals surface area contributed by atoms with Crippen LogP contribution in [-0.4, -0.2) is 39.7 Å². The number of nitrogens with one attached hydrogen (secondary N) is 1. The molecular weight excluding hydrogens is 387 g/mol. The molecule has 2 rings (SSSR count). The van der Waals surface area contributed by atoms with E-state index in [1.165, 1.54) is 32.2 Å². The normalized spacial score (nSPS) is 12.2. The Morgan fingerprint density at radius 2 is 1.79 bits per heavy atom. The van der Waals surface area contributed by atoms with Crippen LogP contribution in [-0.2, 0) is 19.6 Å². The Hall–Kier alpha value is -2.94. The maximum atomic E-state index is 14.2. The fourth-order valence-electron chi connectivity index (χ4n) is 2.75. The number of para-hydroxylation sites is 1. The van der Waals surface area contributed by atoms with Crippen molar-refractivity contribution in [3.8, 4) is 0 Å². The van der Waals surface area contributed by atoms with Gasteiger partial charge < -0.3 is 10.1 Å². The highest BCUT2D eigenvalue weighted by Gasteiger charge is 2.31. The number of ether oxygens (including phenoxy) is 1. The van der Waals surface area contributed by atoms with Crippen molar-refractivity contribution in [3.63, 3.8) is 0 Å². The highest BCUT2D eigenvalue weighted by atomic mass is 32.2. The lowest BCUT2D eigenvalue weighted by Gasteiger charge is -2.28. The molecule has 28 heavy (non-hydrogen) atoms. The molecule has 0 radical (unpaired) electrons. The van der Waals surface area contributed by atoms with Gasteiger partial charge in [-0.25, -0.2) is 17.6 Å². The van der Waals surface area contributed by atoms with Gasteiger partial charge in [0.25, 0.3) is 0 Å². The van der Waals surface area contributed by atoms with E-state index in [0.717, 1.165) is 16.6 Å². The Labute approximate surface area is 163 Å². The number of hydrogen-bond acceptors (Lipinski definition) is 5. The second-order valence-electron chi connectivity index (χ2n) is 6.15. The van der Waals surface area contributed by atoms with E-state index in [4.69, 9.17) is 4.74 Å². The van der Waals surface area contributed by atoms with Gasteiger partial charge in [0.2, 0.25) is 15.9 Å². The summed E-state index contributed by atoms with van der Waals surface area (Å²) in [6, 6.07) is 8.73. The van der Waals surface area contributed by atoms with Crippen molar-refractivity contribution >= 4 is 33.3 Å². The highest BCUT2D eigenvalue weighted by molar-refractivity contribution is 7.92. The molecule has 1 atom stereocenters. The van der Waals surface area contributed by atoms with Crippen LogP contribution in [0, 0.1) is 12.7 Å². The van der Waals surface area contributed by atoms with E-state index in [1.54, 1.807) is 25.1 Å². The second kappa shape index (κ2) is 8.39. The molecule has 9 heteroatoms. The SMILES string of the molecule is COC(=O)c1cccc(NC(=O)C(C)N(c2ccccc2F)S(C)(=O)=O)c1C. The summed E-state index contributed by atoms with van der Waals surface area (Å²) >= 11 is 0. The predicted octanol–water partition coefficient (Wildman–Crippen LogP) is 2.71. The van der Waals surface area contributed by atoms with Crippen LogP contribution in [0.3, 0.4) is 0 Å². The number of nitrogens with zero attached hydrogens (tertiary/aromatic N) is 1. The number of amides is 1. The number of halogens is 1. The monoisotopic (exact) mass is 408 g/mol. The number of carbonyl (C=O) groups excluding carboxylic acids is 2.